The molecule has 0 aliphatic rings. The Balaban J connectivity index is 2.83. The molecular weight excluding hydrogens is 208 g/mol. The highest BCUT2D eigenvalue weighted by atomic mass is 35.5. The summed E-state index contributed by atoms with van der Waals surface area (Å²) in [5, 5.41) is 8.60. The van der Waals surface area contributed by atoms with Gasteiger partial charge in [0.25, 0.3) is 0 Å². The maximum atomic E-state index is 10.6. The average molecular weight is 217 g/mol. The van der Waals surface area contributed by atoms with Gasteiger partial charge in [0.15, 0.2) is 0 Å². The van der Waals surface area contributed by atoms with Gasteiger partial charge < -0.3 is 9.84 Å². The Bertz CT molecular complexity index is 343. The monoisotopic (exact) mass is 216 g/mol. The molecule has 0 radical (unpaired) electrons. The third kappa shape index (κ3) is 2.65. The Kier molecular flexibility index (Phi) is 3.79. The lowest BCUT2D eigenvalue weighted by molar-refractivity contribution is 0.0696. The molecule has 5 nitrogen and oxygen atoms in total. The molecule has 0 atom stereocenters. The van der Waals surface area contributed by atoms with Crippen LogP contribution in [-0.2, 0) is 11.2 Å². The molecule has 0 unspecified atom stereocenters. The first-order chi connectivity index (χ1) is 6.65. The quantitative estimate of drug-likeness (QED) is 0.761. The van der Waals surface area contributed by atoms with E-state index < -0.39 is 5.97 Å². The van der Waals surface area contributed by atoms with Gasteiger partial charge in [0.2, 0.25) is 0 Å². The highest BCUT2D eigenvalue weighted by Gasteiger charge is 2.11. The van der Waals surface area contributed by atoms with Gasteiger partial charge in [-0.05, 0) is 0 Å². The van der Waals surface area contributed by atoms with Crippen molar-refractivity contribution in [3.8, 4) is 0 Å². The standard InChI is InChI=1S/C8H9ClN2O3/c1-14-3-2-6-10-4-5(8(12)13)7(9)11-6/h4H,2-3H2,1H3,(H,12,13). The van der Waals surface area contributed by atoms with Crippen LogP contribution in [0.1, 0.15) is 16.2 Å². The van der Waals surface area contributed by atoms with Gasteiger partial charge in [-0.1, -0.05) is 11.6 Å². The first kappa shape index (κ1) is 10.9. The van der Waals surface area contributed by atoms with Crippen molar-refractivity contribution in [1.29, 1.82) is 0 Å². The normalized spacial score (nSPS) is 10.1. The number of hydrogen-bond acceptors (Lipinski definition) is 4. The van der Waals surface area contributed by atoms with Gasteiger partial charge in [-0.15, -0.1) is 0 Å². The molecule has 76 valence electrons. The molecule has 1 rings (SSSR count). The van der Waals surface area contributed by atoms with Gasteiger partial charge in [0.1, 0.15) is 16.5 Å². The van der Waals surface area contributed by atoms with E-state index in [-0.39, 0.29) is 10.7 Å². The second kappa shape index (κ2) is 4.88. The van der Waals surface area contributed by atoms with E-state index in [0.29, 0.717) is 18.9 Å². The third-order valence-electron chi connectivity index (χ3n) is 1.55. The first-order valence-corrected chi connectivity index (χ1v) is 4.26. The van der Waals surface area contributed by atoms with Crippen LogP contribution >= 0.6 is 11.6 Å². The van der Waals surface area contributed by atoms with Crippen LogP contribution in [0.2, 0.25) is 5.15 Å². The van der Waals surface area contributed by atoms with E-state index in [2.05, 4.69) is 9.97 Å². The molecule has 6 heteroatoms. The number of halogens is 1. The Labute approximate surface area is 85.7 Å². The van der Waals surface area contributed by atoms with Crippen molar-refractivity contribution >= 4 is 17.6 Å². The fourth-order valence-corrected chi connectivity index (χ4v) is 1.08. The lowest BCUT2D eigenvalue weighted by Gasteiger charge is -2.01. The van der Waals surface area contributed by atoms with Crippen LogP contribution in [0.5, 0.6) is 0 Å². The number of hydrogen-bond donors (Lipinski definition) is 1. The molecule has 0 spiro atoms. The molecule has 1 aromatic rings. The van der Waals surface area contributed by atoms with Gasteiger partial charge in [-0.2, -0.15) is 0 Å². The van der Waals surface area contributed by atoms with E-state index in [0.717, 1.165) is 0 Å². The zero-order valence-electron chi connectivity index (χ0n) is 7.53. The lowest BCUT2D eigenvalue weighted by atomic mass is 10.3. The molecule has 1 aromatic heterocycles. The summed E-state index contributed by atoms with van der Waals surface area (Å²) < 4.78 is 4.82. The maximum absolute atomic E-state index is 10.6. The number of carbonyl (C=O) groups is 1. The minimum atomic E-state index is -1.13. The number of aromatic carboxylic acids is 1. The Hall–Kier alpha value is -1.20. The predicted octanol–water partition coefficient (Wildman–Crippen LogP) is 1.02. The van der Waals surface area contributed by atoms with Crippen molar-refractivity contribution in [3.05, 3.63) is 22.7 Å². The summed E-state index contributed by atoms with van der Waals surface area (Å²) in [6.07, 6.45) is 1.71. The fourth-order valence-electron chi connectivity index (χ4n) is 0.852. The second-order valence-corrected chi connectivity index (χ2v) is 2.90. The third-order valence-corrected chi connectivity index (χ3v) is 1.84. The number of rotatable bonds is 4. The highest BCUT2D eigenvalue weighted by Crippen LogP contribution is 2.11. The van der Waals surface area contributed by atoms with Crippen LogP contribution in [0.4, 0.5) is 0 Å². The average Bonchev–Trinajstić information content (AvgIpc) is 2.14. The summed E-state index contributed by atoms with van der Waals surface area (Å²) in [5.74, 6) is -0.657. The minimum Gasteiger partial charge on any atom is -0.478 e. The molecule has 0 saturated heterocycles. The molecule has 0 bridgehead atoms. The number of ether oxygens (including phenoxy) is 1. The summed E-state index contributed by atoms with van der Waals surface area (Å²) in [5.41, 5.74) is -0.0900. The van der Waals surface area contributed by atoms with Crippen LogP contribution in [0.15, 0.2) is 6.20 Å². The van der Waals surface area contributed by atoms with Crippen molar-refractivity contribution < 1.29 is 14.6 Å². The smallest absolute Gasteiger partial charge is 0.340 e. The Morgan fingerprint density at radius 1 is 1.71 bits per heavy atom. The van der Waals surface area contributed by atoms with E-state index in [4.69, 9.17) is 21.4 Å². The van der Waals surface area contributed by atoms with Crippen LogP contribution in [-0.4, -0.2) is 34.8 Å². The van der Waals surface area contributed by atoms with Crippen molar-refractivity contribution in [2.75, 3.05) is 13.7 Å². The Morgan fingerprint density at radius 3 is 2.93 bits per heavy atom. The number of nitrogens with zero attached hydrogens (tertiary/aromatic N) is 2. The summed E-state index contributed by atoms with van der Waals surface area (Å²) in [4.78, 5) is 18.2. The molecule has 14 heavy (non-hydrogen) atoms. The SMILES string of the molecule is COCCc1ncc(C(=O)O)c(Cl)n1. The maximum Gasteiger partial charge on any atom is 0.340 e. The number of methoxy groups -OCH3 is 1. The van der Waals surface area contributed by atoms with Crippen molar-refractivity contribution in [1.82, 2.24) is 9.97 Å². The molecular formula is C8H9ClN2O3. The van der Waals surface area contributed by atoms with E-state index in [9.17, 15) is 4.79 Å². The first-order valence-electron chi connectivity index (χ1n) is 3.88. The largest absolute Gasteiger partial charge is 0.478 e. The summed E-state index contributed by atoms with van der Waals surface area (Å²) in [6.45, 7) is 0.475. The molecule has 0 aliphatic heterocycles. The van der Waals surface area contributed by atoms with E-state index in [1.54, 1.807) is 7.11 Å². The van der Waals surface area contributed by atoms with Gasteiger partial charge in [0, 0.05) is 19.7 Å². The van der Waals surface area contributed by atoms with Crippen LogP contribution < -0.4 is 0 Å². The molecule has 0 aliphatic carbocycles. The van der Waals surface area contributed by atoms with E-state index >= 15 is 0 Å². The van der Waals surface area contributed by atoms with E-state index in [1.165, 1.54) is 6.20 Å². The molecule has 1 N–H and O–H groups in total. The van der Waals surface area contributed by atoms with Crippen molar-refractivity contribution in [2.45, 2.75) is 6.42 Å². The zero-order chi connectivity index (χ0) is 10.6. The van der Waals surface area contributed by atoms with Gasteiger partial charge >= 0.3 is 5.97 Å². The van der Waals surface area contributed by atoms with Gasteiger partial charge in [-0.25, -0.2) is 14.8 Å². The molecule has 0 amide bonds. The number of carboxylic acid groups (broad SMARTS) is 1. The van der Waals surface area contributed by atoms with E-state index in [1.807, 2.05) is 0 Å². The molecule has 0 fully saturated rings. The lowest BCUT2D eigenvalue weighted by Crippen LogP contribution is -2.05. The fraction of sp³-hybridized carbons (Fsp3) is 0.375. The van der Waals surface area contributed by atoms with Crippen LogP contribution in [0.25, 0.3) is 0 Å². The second-order valence-electron chi connectivity index (χ2n) is 2.54. The summed E-state index contributed by atoms with van der Waals surface area (Å²) in [7, 11) is 1.56. The summed E-state index contributed by atoms with van der Waals surface area (Å²) >= 11 is 5.63. The summed E-state index contributed by atoms with van der Waals surface area (Å²) in [6, 6.07) is 0. The minimum absolute atomic E-state index is 0.0430. The van der Waals surface area contributed by atoms with Crippen molar-refractivity contribution in [3.63, 3.8) is 0 Å². The van der Waals surface area contributed by atoms with Gasteiger partial charge in [0.05, 0.1) is 6.61 Å². The zero-order valence-corrected chi connectivity index (χ0v) is 8.28. The van der Waals surface area contributed by atoms with Crippen LogP contribution in [0.3, 0.4) is 0 Å². The topological polar surface area (TPSA) is 72.3 Å². The number of aromatic nitrogens is 2. The molecule has 0 aromatic carbocycles. The number of carboxylic acids is 1. The van der Waals surface area contributed by atoms with Gasteiger partial charge in [-0.3, -0.25) is 0 Å². The Morgan fingerprint density at radius 2 is 2.43 bits per heavy atom. The van der Waals surface area contributed by atoms with Crippen molar-refractivity contribution in [2.24, 2.45) is 0 Å². The van der Waals surface area contributed by atoms with Crippen LogP contribution in [0, 0.1) is 0 Å². The predicted molar refractivity (Wildman–Crippen MR) is 49.6 cm³/mol. The highest BCUT2D eigenvalue weighted by molar-refractivity contribution is 6.32. The molecule has 1 heterocycles. The molecule has 0 saturated carbocycles.